The molecule has 0 fully saturated rings. The standard InChI is InChI=1S/C21H21NO/c1-4-23-21-12-11-17-7-5-6-8-18(17)19(21)14-22-20-13-15(2)9-10-16(20)3/h5-14H,4H2,1-3H3/b22-14+. The van der Waals surface area contributed by atoms with Crippen LogP contribution in [0.5, 0.6) is 5.75 Å². The Bertz CT molecular complexity index is 865. The van der Waals surface area contributed by atoms with Crippen LogP contribution in [-0.2, 0) is 0 Å². The summed E-state index contributed by atoms with van der Waals surface area (Å²) in [5, 5.41) is 2.35. The fourth-order valence-corrected chi connectivity index (χ4v) is 2.68. The molecule has 0 radical (unpaired) electrons. The summed E-state index contributed by atoms with van der Waals surface area (Å²) < 4.78 is 5.80. The second kappa shape index (κ2) is 6.66. The van der Waals surface area contributed by atoms with E-state index >= 15 is 0 Å². The monoisotopic (exact) mass is 303 g/mol. The molecule has 3 aromatic carbocycles. The summed E-state index contributed by atoms with van der Waals surface area (Å²) in [6.07, 6.45) is 1.93. The highest BCUT2D eigenvalue weighted by molar-refractivity contribution is 6.03. The van der Waals surface area contributed by atoms with Crippen LogP contribution in [0, 0.1) is 13.8 Å². The maximum atomic E-state index is 5.80. The van der Waals surface area contributed by atoms with Gasteiger partial charge >= 0.3 is 0 Å². The van der Waals surface area contributed by atoms with Crippen molar-refractivity contribution in [1.29, 1.82) is 0 Å². The second-order valence-corrected chi connectivity index (χ2v) is 5.68. The summed E-state index contributed by atoms with van der Waals surface area (Å²) >= 11 is 0. The Morgan fingerprint density at radius 1 is 1.00 bits per heavy atom. The average molecular weight is 303 g/mol. The summed E-state index contributed by atoms with van der Waals surface area (Å²) in [5.41, 5.74) is 4.42. The van der Waals surface area contributed by atoms with Crippen molar-refractivity contribution in [2.24, 2.45) is 4.99 Å². The van der Waals surface area contributed by atoms with Gasteiger partial charge in [0.05, 0.1) is 12.3 Å². The highest BCUT2D eigenvalue weighted by Crippen LogP contribution is 2.28. The summed E-state index contributed by atoms with van der Waals surface area (Å²) in [6.45, 7) is 6.81. The Morgan fingerprint density at radius 2 is 1.83 bits per heavy atom. The zero-order valence-corrected chi connectivity index (χ0v) is 13.8. The fourth-order valence-electron chi connectivity index (χ4n) is 2.68. The molecule has 0 aliphatic rings. The number of hydrogen-bond acceptors (Lipinski definition) is 2. The molecule has 2 heteroatoms. The van der Waals surface area contributed by atoms with Gasteiger partial charge in [-0.05, 0) is 54.8 Å². The molecule has 23 heavy (non-hydrogen) atoms. The molecule has 0 saturated heterocycles. The molecule has 0 aliphatic carbocycles. The van der Waals surface area contributed by atoms with E-state index in [9.17, 15) is 0 Å². The first-order valence-corrected chi connectivity index (χ1v) is 7.95. The summed E-state index contributed by atoms with van der Waals surface area (Å²) in [5.74, 6) is 0.875. The molecule has 0 atom stereocenters. The maximum Gasteiger partial charge on any atom is 0.128 e. The summed E-state index contributed by atoms with van der Waals surface area (Å²) in [6, 6.07) is 18.8. The van der Waals surface area contributed by atoms with Crippen molar-refractivity contribution >= 4 is 22.7 Å². The average Bonchev–Trinajstić information content (AvgIpc) is 2.57. The van der Waals surface area contributed by atoms with Crippen molar-refractivity contribution in [2.45, 2.75) is 20.8 Å². The van der Waals surface area contributed by atoms with E-state index in [0.29, 0.717) is 6.61 Å². The van der Waals surface area contributed by atoms with Crippen LogP contribution in [-0.4, -0.2) is 12.8 Å². The topological polar surface area (TPSA) is 21.6 Å². The molecule has 3 rings (SSSR count). The predicted octanol–water partition coefficient (Wildman–Crippen LogP) is 5.61. The van der Waals surface area contributed by atoms with Gasteiger partial charge in [0.15, 0.2) is 0 Å². The molecule has 0 unspecified atom stereocenters. The van der Waals surface area contributed by atoms with Gasteiger partial charge in [-0.3, -0.25) is 4.99 Å². The lowest BCUT2D eigenvalue weighted by molar-refractivity contribution is 0.340. The van der Waals surface area contributed by atoms with Crippen LogP contribution in [0.15, 0.2) is 59.6 Å². The Hall–Kier alpha value is -2.61. The number of aliphatic imine (C=N–C) groups is 1. The van der Waals surface area contributed by atoms with E-state index < -0.39 is 0 Å². The zero-order valence-electron chi connectivity index (χ0n) is 13.8. The Kier molecular flexibility index (Phi) is 4.42. The number of hydrogen-bond donors (Lipinski definition) is 0. The molecule has 0 heterocycles. The van der Waals surface area contributed by atoms with Gasteiger partial charge in [0.2, 0.25) is 0 Å². The van der Waals surface area contributed by atoms with Gasteiger partial charge in [-0.25, -0.2) is 0 Å². The smallest absolute Gasteiger partial charge is 0.128 e. The van der Waals surface area contributed by atoms with Gasteiger partial charge in [0, 0.05) is 11.8 Å². The molecule has 0 aliphatic heterocycles. The first-order chi connectivity index (χ1) is 11.2. The molecule has 0 bridgehead atoms. The first-order valence-electron chi connectivity index (χ1n) is 7.95. The van der Waals surface area contributed by atoms with Crippen molar-refractivity contribution in [2.75, 3.05) is 6.61 Å². The minimum atomic E-state index is 0.642. The van der Waals surface area contributed by atoms with Gasteiger partial charge in [-0.2, -0.15) is 0 Å². The Morgan fingerprint density at radius 3 is 2.65 bits per heavy atom. The lowest BCUT2D eigenvalue weighted by Gasteiger charge is -2.10. The molecule has 0 amide bonds. The largest absolute Gasteiger partial charge is 0.493 e. The Labute approximate surface area is 137 Å². The maximum absolute atomic E-state index is 5.80. The van der Waals surface area contributed by atoms with Crippen molar-refractivity contribution in [1.82, 2.24) is 0 Å². The van der Waals surface area contributed by atoms with Gasteiger partial charge in [0.25, 0.3) is 0 Å². The van der Waals surface area contributed by atoms with E-state index in [0.717, 1.165) is 22.4 Å². The third-order valence-corrected chi connectivity index (χ3v) is 3.93. The lowest BCUT2D eigenvalue weighted by atomic mass is 10.0. The first kappa shape index (κ1) is 15.3. The van der Waals surface area contributed by atoms with Crippen molar-refractivity contribution in [3.63, 3.8) is 0 Å². The van der Waals surface area contributed by atoms with E-state index in [-0.39, 0.29) is 0 Å². The third kappa shape index (κ3) is 3.26. The van der Waals surface area contributed by atoms with Crippen molar-refractivity contribution in [3.05, 3.63) is 71.3 Å². The molecular formula is C21H21NO. The molecular weight excluding hydrogens is 282 g/mol. The normalized spacial score (nSPS) is 11.3. The van der Waals surface area contributed by atoms with Crippen LogP contribution < -0.4 is 4.74 Å². The number of nitrogens with zero attached hydrogens (tertiary/aromatic N) is 1. The predicted molar refractivity (Wildman–Crippen MR) is 98.3 cm³/mol. The number of aryl methyl sites for hydroxylation is 2. The zero-order chi connectivity index (χ0) is 16.2. The second-order valence-electron chi connectivity index (χ2n) is 5.68. The van der Waals surface area contributed by atoms with Crippen LogP contribution in [0.4, 0.5) is 5.69 Å². The van der Waals surface area contributed by atoms with E-state index in [1.165, 1.54) is 16.5 Å². The number of ether oxygens (including phenoxy) is 1. The lowest BCUT2D eigenvalue weighted by Crippen LogP contribution is -1.97. The molecule has 3 aromatic rings. The summed E-state index contributed by atoms with van der Waals surface area (Å²) in [4.78, 5) is 4.72. The van der Waals surface area contributed by atoms with E-state index in [1.807, 2.05) is 31.3 Å². The summed E-state index contributed by atoms with van der Waals surface area (Å²) in [7, 11) is 0. The van der Waals surface area contributed by atoms with E-state index in [4.69, 9.17) is 9.73 Å². The highest BCUT2D eigenvalue weighted by Gasteiger charge is 2.07. The minimum absolute atomic E-state index is 0.642. The van der Waals surface area contributed by atoms with Gasteiger partial charge in [-0.1, -0.05) is 42.5 Å². The molecule has 0 N–H and O–H groups in total. The third-order valence-electron chi connectivity index (χ3n) is 3.93. The van der Waals surface area contributed by atoms with Gasteiger partial charge in [0.1, 0.15) is 5.75 Å². The molecule has 116 valence electrons. The van der Waals surface area contributed by atoms with Crippen molar-refractivity contribution < 1.29 is 4.74 Å². The van der Waals surface area contributed by atoms with Crippen LogP contribution in [0.2, 0.25) is 0 Å². The Balaban J connectivity index is 2.12. The highest BCUT2D eigenvalue weighted by atomic mass is 16.5. The number of rotatable bonds is 4. The van der Waals surface area contributed by atoms with Gasteiger partial charge in [-0.15, -0.1) is 0 Å². The minimum Gasteiger partial charge on any atom is -0.493 e. The molecule has 0 spiro atoms. The van der Waals surface area contributed by atoms with E-state index in [1.54, 1.807) is 0 Å². The number of benzene rings is 3. The van der Waals surface area contributed by atoms with Gasteiger partial charge < -0.3 is 4.74 Å². The van der Waals surface area contributed by atoms with Crippen LogP contribution in [0.25, 0.3) is 10.8 Å². The SMILES string of the molecule is CCOc1ccc2ccccc2c1/C=N/c1cc(C)ccc1C. The molecule has 0 aromatic heterocycles. The van der Waals surface area contributed by atoms with Crippen molar-refractivity contribution in [3.8, 4) is 5.75 Å². The number of fused-ring (bicyclic) bond motifs is 1. The fraction of sp³-hybridized carbons (Fsp3) is 0.190. The van der Waals surface area contributed by atoms with Crippen LogP contribution in [0.3, 0.4) is 0 Å². The quantitative estimate of drug-likeness (QED) is 0.574. The molecule has 2 nitrogen and oxygen atoms in total. The molecule has 0 saturated carbocycles. The van der Waals surface area contributed by atoms with Crippen LogP contribution >= 0.6 is 0 Å². The van der Waals surface area contributed by atoms with E-state index in [2.05, 4.69) is 50.2 Å². The van der Waals surface area contributed by atoms with Crippen LogP contribution in [0.1, 0.15) is 23.6 Å².